The Balaban J connectivity index is 1.84. The van der Waals surface area contributed by atoms with Gasteiger partial charge in [-0.2, -0.15) is 4.90 Å². The lowest BCUT2D eigenvalue weighted by molar-refractivity contribution is -0.140. The van der Waals surface area contributed by atoms with Crippen molar-refractivity contribution in [1.82, 2.24) is 4.90 Å². The topological polar surface area (TPSA) is 72.9 Å². The van der Waals surface area contributed by atoms with Crippen molar-refractivity contribution >= 4 is 17.9 Å². The van der Waals surface area contributed by atoms with Gasteiger partial charge in [0, 0.05) is 0 Å². The van der Waals surface area contributed by atoms with Gasteiger partial charge in [0.05, 0.1) is 30.1 Å². The fourth-order valence-electron chi connectivity index (χ4n) is 3.15. The smallest absolute Gasteiger partial charge is 0.423 e. The van der Waals surface area contributed by atoms with Crippen LogP contribution in [0.4, 0.5) is 4.79 Å². The molecule has 3 rings (SSSR count). The van der Waals surface area contributed by atoms with Crippen molar-refractivity contribution in [3.05, 3.63) is 0 Å². The van der Waals surface area contributed by atoms with Gasteiger partial charge in [0.25, 0.3) is 0 Å². The number of hydrogen-bond acceptors (Lipinski definition) is 5. The van der Waals surface area contributed by atoms with Crippen LogP contribution >= 0.6 is 0 Å². The normalized spacial score (nSPS) is 37.6. The highest BCUT2D eigenvalue weighted by Crippen LogP contribution is 2.48. The summed E-state index contributed by atoms with van der Waals surface area (Å²) in [5.74, 6) is -1.86. The Morgan fingerprint density at radius 3 is 2.17 bits per heavy atom. The maximum absolute atomic E-state index is 12.1. The summed E-state index contributed by atoms with van der Waals surface area (Å²) in [5.41, 5.74) is 0. The number of rotatable bonds is 1. The number of amides is 3. The molecule has 3 amide bonds. The number of imide groups is 3. The molecule has 0 unspecified atom stereocenters. The van der Waals surface area contributed by atoms with Gasteiger partial charge in [-0.25, -0.2) is 4.79 Å². The third kappa shape index (κ3) is 1.41. The molecule has 0 aliphatic carbocycles. The molecule has 0 aromatic rings. The molecule has 0 spiro atoms. The molecule has 0 aromatic heterocycles. The predicted octanol–water partition coefficient (Wildman–Crippen LogP) is 0.694. The van der Waals surface area contributed by atoms with Gasteiger partial charge in [-0.05, 0) is 26.7 Å². The summed E-state index contributed by atoms with van der Waals surface area (Å²) in [5, 5.41) is 0. The third-order valence-electron chi connectivity index (χ3n) is 3.80. The molecule has 3 heterocycles. The summed E-state index contributed by atoms with van der Waals surface area (Å²) >= 11 is 0. The minimum absolute atomic E-state index is 0.201. The monoisotopic (exact) mass is 253 g/mol. The average molecular weight is 253 g/mol. The highest BCUT2D eigenvalue weighted by Gasteiger charge is 2.64. The molecule has 4 atom stereocenters. The average Bonchev–Trinajstić information content (AvgIpc) is 2.91. The standard InChI is InChI=1S/C12H15NO5/c1-5(2)17-12(16)13-10(14)8-6-3-4-7(18-6)9(8)11(13)15/h5-9H,3-4H2,1-2H3/t6-,7-,8-,9-/m0/s1. The minimum Gasteiger partial charge on any atom is -0.446 e. The fourth-order valence-corrected chi connectivity index (χ4v) is 3.15. The van der Waals surface area contributed by atoms with E-state index in [0.717, 1.165) is 12.8 Å². The summed E-state index contributed by atoms with van der Waals surface area (Å²) in [4.78, 5) is 36.7. The van der Waals surface area contributed by atoms with Crippen LogP contribution in [0.5, 0.6) is 0 Å². The second kappa shape index (κ2) is 3.78. The highest BCUT2D eigenvalue weighted by molar-refractivity contribution is 6.16. The largest absolute Gasteiger partial charge is 0.446 e. The van der Waals surface area contributed by atoms with Crippen molar-refractivity contribution < 1.29 is 23.9 Å². The molecule has 6 nitrogen and oxygen atoms in total. The molecule has 3 fully saturated rings. The molecule has 0 saturated carbocycles. The number of nitrogens with zero attached hydrogens (tertiary/aromatic N) is 1. The van der Waals surface area contributed by atoms with Gasteiger partial charge in [-0.15, -0.1) is 0 Å². The fraction of sp³-hybridized carbons (Fsp3) is 0.750. The second-order valence-corrected chi connectivity index (χ2v) is 5.29. The zero-order valence-corrected chi connectivity index (χ0v) is 10.3. The quantitative estimate of drug-likeness (QED) is 0.643. The van der Waals surface area contributed by atoms with Gasteiger partial charge in [0.15, 0.2) is 0 Å². The number of ether oxygens (including phenoxy) is 2. The van der Waals surface area contributed by atoms with Crippen LogP contribution in [0.15, 0.2) is 0 Å². The van der Waals surface area contributed by atoms with E-state index in [1.165, 1.54) is 0 Å². The van der Waals surface area contributed by atoms with E-state index in [0.29, 0.717) is 4.90 Å². The Kier molecular flexibility index (Phi) is 2.45. The van der Waals surface area contributed by atoms with Crippen LogP contribution in [0, 0.1) is 11.8 Å². The molecule has 0 N–H and O–H groups in total. The van der Waals surface area contributed by atoms with Gasteiger partial charge in [0.2, 0.25) is 11.8 Å². The summed E-state index contributed by atoms with van der Waals surface area (Å²) in [6.45, 7) is 3.35. The molecular formula is C12H15NO5. The van der Waals surface area contributed by atoms with E-state index in [-0.39, 0.29) is 18.3 Å². The van der Waals surface area contributed by atoms with E-state index in [4.69, 9.17) is 9.47 Å². The van der Waals surface area contributed by atoms with Gasteiger partial charge in [0.1, 0.15) is 0 Å². The van der Waals surface area contributed by atoms with E-state index in [9.17, 15) is 14.4 Å². The molecule has 2 bridgehead atoms. The lowest BCUT2D eigenvalue weighted by atomic mass is 9.81. The molecule has 3 aliphatic heterocycles. The molecular weight excluding hydrogens is 238 g/mol. The zero-order valence-electron chi connectivity index (χ0n) is 10.3. The van der Waals surface area contributed by atoms with E-state index >= 15 is 0 Å². The Labute approximate surface area is 104 Å². The number of likely N-dealkylation sites (tertiary alicyclic amines) is 1. The second-order valence-electron chi connectivity index (χ2n) is 5.29. The first-order chi connectivity index (χ1) is 8.50. The van der Waals surface area contributed by atoms with Gasteiger partial charge < -0.3 is 9.47 Å². The molecule has 3 saturated heterocycles. The first-order valence-corrected chi connectivity index (χ1v) is 6.24. The summed E-state index contributed by atoms with van der Waals surface area (Å²) in [6.07, 6.45) is -0.0301. The van der Waals surface area contributed by atoms with Crippen LogP contribution in [-0.4, -0.2) is 41.1 Å². The number of hydrogen-bond donors (Lipinski definition) is 0. The zero-order chi connectivity index (χ0) is 13.0. The molecule has 0 aromatic carbocycles. The van der Waals surface area contributed by atoms with Crippen LogP contribution in [0.1, 0.15) is 26.7 Å². The predicted molar refractivity (Wildman–Crippen MR) is 58.3 cm³/mol. The van der Waals surface area contributed by atoms with E-state index in [1.807, 2.05) is 0 Å². The van der Waals surface area contributed by atoms with E-state index in [2.05, 4.69) is 0 Å². The van der Waals surface area contributed by atoms with Gasteiger partial charge in [-0.1, -0.05) is 0 Å². The lowest BCUT2D eigenvalue weighted by Gasteiger charge is -2.16. The maximum atomic E-state index is 12.1. The van der Waals surface area contributed by atoms with E-state index in [1.54, 1.807) is 13.8 Å². The van der Waals surface area contributed by atoms with Crippen LogP contribution < -0.4 is 0 Å². The number of carbonyl (C=O) groups excluding carboxylic acids is 3. The number of fused-ring (bicyclic) bond motifs is 5. The van der Waals surface area contributed by atoms with Crippen molar-refractivity contribution in [3.63, 3.8) is 0 Å². The van der Waals surface area contributed by atoms with Crippen molar-refractivity contribution in [2.45, 2.75) is 45.0 Å². The number of carbonyl (C=O) groups is 3. The van der Waals surface area contributed by atoms with Crippen LogP contribution in [-0.2, 0) is 19.1 Å². The molecule has 0 radical (unpaired) electrons. The first-order valence-electron chi connectivity index (χ1n) is 6.24. The SMILES string of the molecule is CC(C)OC(=O)N1C(=O)[C@@H]2[C@@H](C1=O)[C@@H]1CC[C@@H]2O1. The summed E-state index contributed by atoms with van der Waals surface area (Å²) < 4.78 is 10.5. The minimum atomic E-state index is -0.853. The third-order valence-corrected chi connectivity index (χ3v) is 3.80. The highest BCUT2D eigenvalue weighted by atomic mass is 16.6. The molecule has 6 heteroatoms. The Morgan fingerprint density at radius 1 is 1.22 bits per heavy atom. The summed E-state index contributed by atoms with van der Waals surface area (Å²) in [6, 6.07) is 0. The summed E-state index contributed by atoms with van der Waals surface area (Å²) in [7, 11) is 0. The Hall–Kier alpha value is -1.43. The van der Waals surface area contributed by atoms with Gasteiger partial charge in [-0.3, -0.25) is 9.59 Å². The van der Waals surface area contributed by atoms with Crippen molar-refractivity contribution in [1.29, 1.82) is 0 Å². The van der Waals surface area contributed by atoms with Crippen LogP contribution in [0.3, 0.4) is 0 Å². The van der Waals surface area contributed by atoms with Crippen LogP contribution in [0.25, 0.3) is 0 Å². The Morgan fingerprint density at radius 2 is 1.72 bits per heavy atom. The maximum Gasteiger partial charge on any atom is 0.423 e. The van der Waals surface area contributed by atoms with Crippen molar-refractivity contribution in [3.8, 4) is 0 Å². The molecule has 98 valence electrons. The van der Waals surface area contributed by atoms with Crippen molar-refractivity contribution in [2.75, 3.05) is 0 Å². The lowest BCUT2D eigenvalue weighted by Crippen LogP contribution is -2.40. The molecule has 18 heavy (non-hydrogen) atoms. The Bertz CT molecular complexity index is 404. The van der Waals surface area contributed by atoms with Crippen LogP contribution in [0.2, 0.25) is 0 Å². The first kappa shape index (κ1) is 11.6. The van der Waals surface area contributed by atoms with E-state index < -0.39 is 29.7 Å². The molecule has 3 aliphatic rings. The van der Waals surface area contributed by atoms with Crippen molar-refractivity contribution in [2.24, 2.45) is 11.8 Å². The van der Waals surface area contributed by atoms with Gasteiger partial charge >= 0.3 is 6.09 Å².